The number of aliphatic hydroxyl groups excluding tert-OH is 1. The fraction of sp³-hybridized carbons (Fsp3) is 0.241. The first-order valence-electron chi connectivity index (χ1n) is 11.9. The summed E-state index contributed by atoms with van der Waals surface area (Å²) in [4.78, 5) is 30.5. The quantitative estimate of drug-likeness (QED) is 0.311. The average molecular weight is 469 g/mol. The summed E-state index contributed by atoms with van der Waals surface area (Å²) < 4.78 is 0. The highest BCUT2D eigenvalue weighted by molar-refractivity contribution is 6.51. The molecule has 1 amide bonds. The van der Waals surface area contributed by atoms with Crippen molar-refractivity contribution in [1.82, 2.24) is 0 Å². The summed E-state index contributed by atoms with van der Waals surface area (Å²) in [7, 11) is 0. The first-order valence-corrected chi connectivity index (χ1v) is 11.9. The van der Waals surface area contributed by atoms with Crippen LogP contribution < -0.4 is 9.80 Å². The van der Waals surface area contributed by atoms with Gasteiger partial charge in [0.15, 0.2) is 0 Å². The van der Waals surface area contributed by atoms with Gasteiger partial charge in [0.2, 0.25) is 0 Å². The summed E-state index contributed by atoms with van der Waals surface area (Å²) in [6, 6.07) is 18.8. The van der Waals surface area contributed by atoms with Gasteiger partial charge in [-0.1, -0.05) is 29.8 Å². The monoisotopic (exact) mass is 468 g/mol. The molecule has 0 radical (unpaired) electrons. The van der Waals surface area contributed by atoms with E-state index in [1.807, 2.05) is 56.3 Å². The smallest absolute Gasteiger partial charge is 0.300 e. The molecule has 1 unspecified atom stereocenters. The predicted molar refractivity (Wildman–Crippen MR) is 137 cm³/mol. The number of hydrogen-bond acceptors (Lipinski definition) is 5. The van der Waals surface area contributed by atoms with E-state index in [4.69, 9.17) is 0 Å². The van der Waals surface area contributed by atoms with Crippen LogP contribution in [0.2, 0.25) is 0 Å². The molecule has 2 N–H and O–H groups in total. The van der Waals surface area contributed by atoms with E-state index in [2.05, 4.69) is 4.90 Å². The lowest BCUT2D eigenvalue weighted by Gasteiger charge is -2.26. The lowest BCUT2D eigenvalue weighted by molar-refractivity contribution is -0.132. The maximum absolute atomic E-state index is 13.4. The van der Waals surface area contributed by atoms with Crippen LogP contribution >= 0.6 is 0 Å². The number of aliphatic hydroxyl groups is 1. The van der Waals surface area contributed by atoms with Crippen molar-refractivity contribution in [2.24, 2.45) is 0 Å². The summed E-state index contributed by atoms with van der Waals surface area (Å²) in [5, 5.41) is 21.2. The fourth-order valence-electron chi connectivity index (χ4n) is 5.01. The maximum Gasteiger partial charge on any atom is 0.300 e. The van der Waals surface area contributed by atoms with E-state index < -0.39 is 17.7 Å². The Morgan fingerprint density at radius 1 is 0.857 bits per heavy atom. The van der Waals surface area contributed by atoms with Crippen LogP contribution in [0.4, 0.5) is 11.4 Å². The van der Waals surface area contributed by atoms with Crippen LogP contribution in [-0.2, 0) is 9.59 Å². The van der Waals surface area contributed by atoms with Crippen molar-refractivity contribution in [1.29, 1.82) is 0 Å². The van der Waals surface area contributed by atoms with Crippen molar-refractivity contribution in [3.63, 3.8) is 0 Å². The van der Waals surface area contributed by atoms with Crippen LogP contribution in [0.5, 0.6) is 5.75 Å². The van der Waals surface area contributed by atoms with Crippen LogP contribution in [0.1, 0.15) is 41.1 Å². The van der Waals surface area contributed by atoms with Gasteiger partial charge in [-0.15, -0.1) is 0 Å². The summed E-state index contributed by atoms with van der Waals surface area (Å²) >= 11 is 0. The standard InChI is InChI=1S/C29H28N2O4/c1-18-5-6-19(2)24(17-18)27(33)25-26(20-7-13-23(32)14-8-20)31(29(35)28(25)34)22-11-9-21(10-12-22)30-15-3-4-16-30/h5-14,17,26,32-33H,3-4,15-16H2,1-2H3/b27-25+. The van der Waals surface area contributed by atoms with Crippen molar-refractivity contribution in [3.05, 3.63) is 94.6 Å². The minimum absolute atomic E-state index is 0.0398. The van der Waals surface area contributed by atoms with Gasteiger partial charge in [0.25, 0.3) is 11.7 Å². The molecule has 6 nitrogen and oxygen atoms in total. The van der Waals surface area contributed by atoms with E-state index in [9.17, 15) is 19.8 Å². The molecule has 2 aliphatic rings. The summed E-state index contributed by atoms with van der Waals surface area (Å²) in [6.07, 6.45) is 2.32. The van der Waals surface area contributed by atoms with Crippen molar-refractivity contribution in [2.45, 2.75) is 32.7 Å². The second-order valence-electron chi connectivity index (χ2n) is 9.29. The van der Waals surface area contributed by atoms with Crippen LogP contribution in [0.15, 0.2) is 72.3 Å². The summed E-state index contributed by atoms with van der Waals surface area (Å²) in [5.74, 6) is -1.54. The molecule has 2 aliphatic heterocycles. The molecule has 3 aromatic carbocycles. The third-order valence-electron chi connectivity index (χ3n) is 6.90. The van der Waals surface area contributed by atoms with E-state index >= 15 is 0 Å². The molecule has 6 heteroatoms. The van der Waals surface area contributed by atoms with Crippen molar-refractivity contribution in [3.8, 4) is 5.75 Å². The molecule has 0 spiro atoms. The van der Waals surface area contributed by atoms with Gasteiger partial charge in [0.05, 0.1) is 11.6 Å². The van der Waals surface area contributed by atoms with Gasteiger partial charge in [-0.05, 0) is 80.3 Å². The number of carbonyl (C=O) groups is 2. The van der Waals surface area contributed by atoms with Crippen LogP contribution in [0.3, 0.4) is 0 Å². The largest absolute Gasteiger partial charge is 0.508 e. The Labute approximate surface area is 204 Å². The zero-order valence-corrected chi connectivity index (χ0v) is 19.9. The Balaban J connectivity index is 1.65. The van der Waals surface area contributed by atoms with Gasteiger partial charge in [0.1, 0.15) is 11.5 Å². The number of phenolic OH excluding ortho intramolecular Hbond substituents is 1. The second kappa shape index (κ2) is 8.95. The van der Waals surface area contributed by atoms with Crippen LogP contribution in [0.25, 0.3) is 5.76 Å². The third kappa shape index (κ3) is 4.05. The number of anilines is 2. The van der Waals surface area contributed by atoms with Crippen LogP contribution in [-0.4, -0.2) is 35.0 Å². The molecule has 1 atom stereocenters. The number of phenols is 1. The number of rotatable bonds is 4. The molecule has 2 fully saturated rings. The molecule has 0 aliphatic carbocycles. The Kier molecular flexibility index (Phi) is 5.81. The average Bonchev–Trinajstić information content (AvgIpc) is 3.48. The molecular formula is C29H28N2O4. The minimum Gasteiger partial charge on any atom is -0.508 e. The number of aromatic hydroxyl groups is 1. The minimum atomic E-state index is -0.826. The second-order valence-corrected chi connectivity index (χ2v) is 9.29. The molecule has 0 saturated carbocycles. The molecule has 0 bridgehead atoms. The van der Waals surface area contributed by atoms with E-state index in [-0.39, 0.29) is 17.1 Å². The SMILES string of the molecule is Cc1ccc(C)c(/C(O)=C2\C(=O)C(=O)N(c3ccc(N4CCCC4)cc3)C2c2ccc(O)cc2)c1. The Hall–Kier alpha value is -4.06. The lowest BCUT2D eigenvalue weighted by Crippen LogP contribution is -2.29. The maximum atomic E-state index is 13.4. The number of carbonyl (C=O) groups excluding carboxylic acids is 2. The van der Waals surface area contributed by atoms with E-state index in [0.29, 0.717) is 16.8 Å². The summed E-state index contributed by atoms with van der Waals surface area (Å²) in [5.41, 5.74) is 4.59. The Bertz CT molecular complexity index is 1320. The topological polar surface area (TPSA) is 81.1 Å². The molecule has 3 aromatic rings. The van der Waals surface area contributed by atoms with Crippen molar-refractivity contribution >= 4 is 28.8 Å². The van der Waals surface area contributed by atoms with Gasteiger partial charge in [-0.3, -0.25) is 14.5 Å². The number of nitrogens with zero attached hydrogens (tertiary/aromatic N) is 2. The third-order valence-corrected chi connectivity index (χ3v) is 6.90. The van der Waals surface area contributed by atoms with Gasteiger partial charge in [0, 0.05) is 30.0 Å². The highest BCUT2D eigenvalue weighted by atomic mass is 16.3. The number of ketones is 1. The zero-order valence-electron chi connectivity index (χ0n) is 19.9. The molecule has 2 saturated heterocycles. The van der Waals surface area contributed by atoms with E-state index in [0.717, 1.165) is 42.7 Å². The highest BCUT2D eigenvalue weighted by Crippen LogP contribution is 2.43. The number of benzene rings is 3. The normalized spacial score (nSPS) is 19.5. The number of Topliss-reactive ketones (excluding diaryl/α,β-unsaturated/α-hetero) is 1. The van der Waals surface area contributed by atoms with Gasteiger partial charge in [-0.2, -0.15) is 0 Å². The Morgan fingerprint density at radius 3 is 2.14 bits per heavy atom. The van der Waals surface area contributed by atoms with Crippen molar-refractivity contribution < 1.29 is 19.8 Å². The molecular weight excluding hydrogens is 440 g/mol. The molecule has 5 rings (SSSR count). The summed E-state index contributed by atoms with van der Waals surface area (Å²) in [6.45, 7) is 5.78. The molecule has 35 heavy (non-hydrogen) atoms. The number of hydrogen-bond donors (Lipinski definition) is 2. The number of aryl methyl sites for hydroxylation is 2. The number of amides is 1. The van der Waals surface area contributed by atoms with Crippen molar-refractivity contribution in [2.75, 3.05) is 22.9 Å². The predicted octanol–water partition coefficient (Wildman–Crippen LogP) is 5.24. The lowest BCUT2D eigenvalue weighted by atomic mass is 9.93. The molecule has 2 heterocycles. The first-order chi connectivity index (χ1) is 16.8. The highest BCUT2D eigenvalue weighted by Gasteiger charge is 2.47. The van der Waals surface area contributed by atoms with Gasteiger partial charge in [-0.25, -0.2) is 0 Å². The van der Waals surface area contributed by atoms with Crippen LogP contribution in [0, 0.1) is 13.8 Å². The van der Waals surface area contributed by atoms with Gasteiger partial charge < -0.3 is 15.1 Å². The first kappa shape index (κ1) is 22.7. The van der Waals surface area contributed by atoms with E-state index in [1.54, 1.807) is 12.1 Å². The Morgan fingerprint density at radius 2 is 1.49 bits per heavy atom. The molecule has 178 valence electrons. The molecule has 0 aromatic heterocycles. The zero-order chi connectivity index (χ0) is 24.7. The fourth-order valence-corrected chi connectivity index (χ4v) is 5.01. The van der Waals surface area contributed by atoms with E-state index in [1.165, 1.54) is 17.0 Å². The van der Waals surface area contributed by atoms with Gasteiger partial charge >= 0.3 is 0 Å².